The summed E-state index contributed by atoms with van der Waals surface area (Å²) in [5.41, 5.74) is 1.44. The zero-order chi connectivity index (χ0) is 25.0. The summed E-state index contributed by atoms with van der Waals surface area (Å²) in [5, 5.41) is 2.92. The number of thiazole rings is 1. The molecule has 0 radical (unpaired) electrons. The number of ether oxygens (including phenoxy) is 1. The summed E-state index contributed by atoms with van der Waals surface area (Å²) in [7, 11) is -2.47. The number of sulfonamides is 1. The van der Waals surface area contributed by atoms with E-state index >= 15 is 0 Å². The van der Waals surface area contributed by atoms with E-state index in [1.165, 1.54) is 50.4 Å². The Balaban J connectivity index is 1.60. The molecule has 10 heteroatoms. The van der Waals surface area contributed by atoms with Gasteiger partial charge >= 0.3 is 0 Å². The Kier molecular flexibility index (Phi) is 6.94. The maximum atomic E-state index is 13.1. The average Bonchev–Trinajstić information content (AvgIpc) is 3.29. The second-order valence-electron chi connectivity index (χ2n) is 7.40. The smallest absolute Gasteiger partial charge is 0.261 e. The number of para-hydroxylation sites is 1. The molecule has 3 aromatic carbocycles. The lowest BCUT2D eigenvalue weighted by atomic mass is 10.1. The van der Waals surface area contributed by atoms with Crippen LogP contribution in [0.1, 0.15) is 27.0 Å². The van der Waals surface area contributed by atoms with Gasteiger partial charge in [-0.05, 0) is 36.4 Å². The predicted molar refractivity (Wildman–Crippen MR) is 136 cm³/mol. The molecule has 0 bridgehead atoms. The zero-order valence-corrected chi connectivity index (χ0v) is 20.4. The van der Waals surface area contributed by atoms with E-state index in [4.69, 9.17) is 4.74 Å². The number of hydrogen-bond donors (Lipinski definition) is 2. The summed E-state index contributed by atoms with van der Waals surface area (Å²) in [6.45, 7) is 1.44. The van der Waals surface area contributed by atoms with Gasteiger partial charge < -0.3 is 4.74 Å². The van der Waals surface area contributed by atoms with Crippen LogP contribution in [0.4, 0.5) is 10.8 Å². The lowest BCUT2D eigenvalue weighted by molar-refractivity contribution is 0.101. The maximum Gasteiger partial charge on any atom is 0.261 e. The second-order valence-corrected chi connectivity index (χ2v) is 10.1. The molecule has 1 amide bonds. The van der Waals surface area contributed by atoms with E-state index in [1.807, 2.05) is 30.3 Å². The molecule has 4 rings (SSSR count). The third-order valence-corrected chi connectivity index (χ3v) is 7.45. The van der Waals surface area contributed by atoms with Crippen molar-refractivity contribution in [2.45, 2.75) is 11.8 Å². The number of aromatic nitrogens is 1. The first-order valence-electron chi connectivity index (χ1n) is 10.4. The van der Waals surface area contributed by atoms with E-state index in [9.17, 15) is 18.0 Å². The van der Waals surface area contributed by atoms with Crippen LogP contribution in [0.2, 0.25) is 0 Å². The summed E-state index contributed by atoms with van der Waals surface area (Å²) in [6.07, 6.45) is 0. The molecule has 35 heavy (non-hydrogen) atoms. The molecule has 8 nitrogen and oxygen atoms in total. The van der Waals surface area contributed by atoms with Crippen LogP contribution < -0.4 is 14.8 Å². The SMILES string of the molecule is COc1ccc(S(=O)(=O)Nc2ccccc2C(=O)Nc2nc(-c3ccccc3)c(C(C)=O)s2)cc1. The molecule has 1 heterocycles. The van der Waals surface area contributed by atoms with Crippen molar-refractivity contribution < 1.29 is 22.7 Å². The topological polar surface area (TPSA) is 114 Å². The van der Waals surface area contributed by atoms with Crippen molar-refractivity contribution in [3.05, 3.63) is 89.3 Å². The molecule has 2 N–H and O–H groups in total. The second kappa shape index (κ2) is 10.1. The van der Waals surface area contributed by atoms with Gasteiger partial charge in [-0.3, -0.25) is 19.6 Å². The van der Waals surface area contributed by atoms with Gasteiger partial charge in [-0.2, -0.15) is 0 Å². The van der Waals surface area contributed by atoms with E-state index in [0.717, 1.165) is 16.9 Å². The van der Waals surface area contributed by atoms with Crippen LogP contribution in [0, 0.1) is 0 Å². The number of Topliss-reactive ketones (excluding diaryl/α,β-unsaturated/α-hetero) is 1. The highest BCUT2D eigenvalue weighted by Crippen LogP contribution is 2.32. The summed E-state index contributed by atoms with van der Waals surface area (Å²) in [6, 6.07) is 21.3. The molecule has 1 aromatic heterocycles. The van der Waals surface area contributed by atoms with Crippen LogP contribution in [-0.2, 0) is 10.0 Å². The van der Waals surface area contributed by atoms with Crippen molar-refractivity contribution in [3.63, 3.8) is 0 Å². The van der Waals surface area contributed by atoms with Crippen molar-refractivity contribution in [2.75, 3.05) is 17.1 Å². The minimum Gasteiger partial charge on any atom is -0.497 e. The van der Waals surface area contributed by atoms with Crippen LogP contribution >= 0.6 is 11.3 Å². The lowest BCUT2D eigenvalue weighted by Crippen LogP contribution is -2.18. The summed E-state index contributed by atoms with van der Waals surface area (Å²) in [5.74, 6) is -0.219. The van der Waals surface area contributed by atoms with Crippen molar-refractivity contribution in [1.29, 1.82) is 0 Å². The largest absolute Gasteiger partial charge is 0.497 e. The number of anilines is 2. The van der Waals surface area contributed by atoms with E-state index in [1.54, 1.807) is 12.1 Å². The summed E-state index contributed by atoms with van der Waals surface area (Å²) < 4.78 is 33.3. The van der Waals surface area contributed by atoms with E-state index < -0.39 is 15.9 Å². The molecule has 0 atom stereocenters. The first-order valence-corrected chi connectivity index (χ1v) is 12.7. The normalized spacial score (nSPS) is 11.0. The molecule has 0 aliphatic rings. The Morgan fingerprint density at radius 3 is 2.23 bits per heavy atom. The van der Waals surface area contributed by atoms with Crippen LogP contribution in [0.15, 0.2) is 83.8 Å². The fraction of sp³-hybridized carbons (Fsp3) is 0.0800. The molecule has 0 unspecified atom stereocenters. The molecular weight excluding hydrogens is 486 g/mol. The Morgan fingerprint density at radius 1 is 0.914 bits per heavy atom. The monoisotopic (exact) mass is 507 g/mol. The van der Waals surface area contributed by atoms with Crippen LogP contribution in [-0.4, -0.2) is 32.2 Å². The molecular formula is C25H21N3O5S2. The van der Waals surface area contributed by atoms with Gasteiger partial charge in [0.2, 0.25) is 0 Å². The highest BCUT2D eigenvalue weighted by molar-refractivity contribution is 7.92. The Bertz CT molecular complexity index is 1480. The molecule has 4 aromatic rings. The number of carbonyl (C=O) groups is 2. The number of methoxy groups -OCH3 is 1. The van der Waals surface area contributed by atoms with Crippen molar-refractivity contribution in [1.82, 2.24) is 4.98 Å². The quantitative estimate of drug-likeness (QED) is 0.322. The van der Waals surface area contributed by atoms with Crippen molar-refractivity contribution >= 4 is 43.9 Å². The minimum absolute atomic E-state index is 0.0204. The molecule has 178 valence electrons. The fourth-order valence-electron chi connectivity index (χ4n) is 3.30. The Morgan fingerprint density at radius 2 is 1.57 bits per heavy atom. The average molecular weight is 508 g/mol. The van der Waals surface area contributed by atoms with Gasteiger partial charge in [0.05, 0.1) is 33.8 Å². The number of benzene rings is 3. The van der Waals surface area contributed by atoms with Crippen molar-refractivity contribution in [3.8, 4) is 17.0 Å². The number of carbonyl (C=O) groups excluding carboxylic acids is 2. The fourth-order valence-corrected chi connectivity index (χ4v) is 5.25. The van der Waals surface area contributed by atoms with Gasteiger partial charge in [-0.1, -0.05) is 53.8 Å². The Labute approximate surface area is 206 Å². The molecule has 0 spiro atoms. The van der Waals surface area contributed by atoms with Crippen molar-refractivity contribution in [2.24, 2.45) is 0 Å². The van der Waals surface area contributed by atoms with Gasteiger partial charge in [0, 0.05) is 12.5 Å². The van der Waals surface area contributed by atoms with E-state index in [0.29, 0.717) is 16.3 Å². The van der Waals surface area contributed by atoms with Crippen LogP contribution in [0.3, 0.4) is 0 Å². The minimum atomic E-state index is -3.96. The first-order chi connectivity index (χ1) is 16.8. The predicted octanol–water partition coefficient (Wildman–Crippen LogP) is 5.07. The van der Waals surface area contributed by atoms with Crippen LogP contribution in [0.5, 0.6) is 5.75 Å². The number of ketones is 1. The molecule has 0 aliphatic carbocycles. The van der Waals surface area contributed by atoms with Gasteiger partial charge in [0.15, 0.2) is 10.9 Å². The maximum absolute atomic E-state index is 13.1. The molecule has 0 aliphatic heterocycles. The molecule has 0 saturated heterocycles. The van der Waals surface area contributed by atoms with Gasteiger partial charge in [0.25, 0.3) is 15.9 Å². The third kappa shape index (κ3) is 5.39. The summed E-state index contributed by atoms with van der Waals surface area (Å²) >= 11 is 1.06. The molecule has 0 fully saturated rings. The lowest BCUT2D eigenvalue weighted by Gasteiger charge is -2.12. The van der Waals surface area contributed by atoms with E-state index in [2.05, 4.69) is 15.0 Å². The summed E-state index contributed by atoms with van der Waals surface area (Å²) in [4.78, 5) is 30.1. The number of amides is 1. The Hall–Kier alpha value is -4.02. The number of nitrogens with zero attached hydrogens (tertiary/aromatic N) is 1. The number of rotatable bonds is 8. The highest BCUT2D eigenvalue weighted by atomic mass is 32.2. The molecule has 0 saturated carbocycles. The number of hydrogen-bond acceptors (Lipinski definition) is 7. The third-order valence-electron chi connectivity index (χ3n) is 5.00. The standard InChI is InChI=1S/C25H21N3O5S2/c1-16(29)23-22(17-8-4-3-5-9-17)26-25(34-23)27-24(30)20-10-6-7-11-21(20)28-35(31,32)19-14-12-18(33-2)13-15-19/h3-15,28H,1-2H3,(H,26,27,30). The van der Waals surface area contributed by atoms with E-state index in [-0.39, 0.29) is 27.1 Å². The highest BCUT2D eigenvalue weighted by Gasteiger charge is 2.21. The van der Waals surface area contributed by atoms with Gasteiger partial charge in [0.1, 0.15) is 5.75 Å². The zero-order valence-electron chi connectivity index (χ0n) is 18.8. The van der Waals surface area contributed by atoms with Gasteiger partial charge in [-0.25, -0.2) is 13.4 Å². The first kappa shape index (κ1) is 24.1. The van der Waals surface area contributed by atoms with Crippen LogP contribution in [0.25, 0.3) is 11.3 Å². The number of nitrogens with one attached hydrogen (secondary N) is 2. The van der Waals surface area contributed by atoms with Gasteiger partial charge in [-0.15, -0.1) is 0 Å².